The monoisotopic (exact) mass is 867 g/mol. The number of nitrogens with zero attached hydrogens (tertiary/aromatic N) is 2. The number of carbonyl (C=O) groups excluding carboxylic acids is 2. The lowest BCUT2D eigenvalue weighted by atomic mass is 10.1. The lowest BCUT2D eigenvalue weighted by molar-refractivity contribution is 0.0936. The summed E-state index contributed by atoms with van der Waals surface area (Å²) in [6.45, 7) is 16.8. The molecule has 1 aromatic rings. The highest BCUT2D eigenvalue weighted by atomic mass is 16.2. The van der Waals surface area contributed by atoms with Crippen LogP contribution < -0.4 is 10.6 Å². The maximum atomic E-state index is 13.2. The van der Waals surface area contributed by atoms with Crippen molar-refractivity contribution in [2.75, 3.05) is 52.4 Å². The molecule has 362 valence electrons. The average molecular weight is 867 g/mol. The van der Waals surface area contributed by atoms with Crippen molar-refractivity contribution < 1.29 is 9.59 Å². The molecule has 0 aliphatic rings. The third kappa shape index (κ3) is 36.4. The third-order valence-electron chi connectivity index (χ3n) is 13.1. The number of amides is 2. The highest BCUT2D eigenvalue weighted by Crippen LogP contribution is 2.15. The predicted octanol–water partition coefficient (Wildman–Crippen LogP) is 15.9. The molecular weight excluding hydrogens is 761 g/mol. The average Bonchev–Trinajstić information content (AvgIpc) is 3.28. The van der Waals surface area contributed by atoms with Crippen molar-refractivity contribution >= 4 is 11.8 Å². The molecule has 2 N–H and O–H groups in total. The summed E-state index contributed by atoms with van der Waals surface area (Å²) < 4.78 is 0. The molecule has 6 nitrogen and oxygen atoms in total. The zero-order chi connectivity index (χ0) is 44.8. The van der Waals surface area contributed by atoms with Crippen molar-refractivity contribution in [3.63, 3.8) is 0 Å². The molecule has 0 radical (unpaired) electrons. The zero-order valence-corrected chi connectivity index (χ0v) is 42.1. The van der Waals surface area contributed by atoms with Gasteiger partial charge in [-0.2, -0.15) is 0 Å². The van der Waals surface area contributed by atoms with Gasteiger partial charge in [0.2, 0.25) is 0 Å². The number of nitrogens with one attached hydrogen (secondary N) is 2. The van der Waals surface area contributed by atoms with E-state index in [1.807, 2.05) is 24.3 Å². The van der Waals surface area contributed by atoms with Crippen LogP contribution in [-0.2, 0) is 0 Å². The fraction of sp³-hybridized carbons (Fsp3) is 0.857. The number of carbonyl (C=O) groups is 2. The normalized spacial score (nSPS) is 11.6. The summed E-state index contributed by atoms with van der Waals surface area (Å²) in [7, 11) is 0. The second kappa shape index (κ2) is 45.6. The van der Waals surface area contributed by atoms with E-state index >= 15 is 0 Å². The van der Waals surface area contributed by atoms with E-state index in [1.165, 1.54) is 231 Å². The molecule has 0 aliphatic heterocycles. The molecule has 0 aliphatic carbocycles. The smallest absolute Gasteiger partial charge is 0.251 e. The molecule has 0 heterocycles. The van der Waals surface area contributed by atoms with Crippen LogP contribution in [0.15, 0.2) is 24.3 Å². The lowest BCUT2D eigenvalue weighted by Gasteiger charge is -2.23. The van der Waals surface area contributed by atoms with Crippen molar-refractivity contribution in [2.24, 2.45) is 0 Å². The van der Waals surface area contributed by atoms with E-state index in [0.717, 1.165) is 39.3 Å². The first kappa shape index (κ1) is 58.1. The Labute approximate surface area is 387 Å². The summed E-state index contributed by atoms with van der Waals surface area (Å²) in [6, 6.07) is 7.25. The Morgan fingerprint density at radius 2 is 0.500 bits per heavy atom. The minimum atomic E-state index is -0.0494. The van der Waals surface area contributed by atoms with Crippen LogP contribution in [0.2, 0.25) is 0 Å². The summed E-state index contributed by atoms with van der Waals surface area (Å²) in [4.78, 5) is 31.5. The molecule has 0 saturated carbocycles. The quantitative estimate of drug-likeness (QED) is 0.0641. The molecule has 1 rings (SSSR count). The van der Waals surface area contributed by atoms with Gasteiger partial charge in [0.15, 0.2) is 0 Å². The minimum Gasteiger partial charge on any atom is -0.351 e. The van der Waals surface area contributed by atoms with Crippen LogP contribution >= 0.6 is 0 Å². The molecular formula is C56H106N4O2. The summed E-state index contributed by atoms with van der Waals surface area (Å²) in [5, 5.41) is 6.37. The van der Waals surface area contributed by atoms with Gasteiger partial charge in [-0.1, -0.05) is 233 Å². The van der Waals surface area contributed by atoms with Crippen LogP contribution in [-0.4, -0.2) is 74.0 Å². The van der Waals surface area contributed by atoms with Crippen LogP contribution in [0.25, 0.3) is 0 Å². The highest BCUT2D eigenvalue weighted by molar-refractivity contribution is 5.97. The molecule has 0 aromatic heterocycles. The molecule has 6 heteroatoms. The maximum Gasteiger partial charge on any atom is 0.251 e. The van der Waals surface area contributed by atoms with Crippen LogP contribution in [0.1, 0.15) is 280 Å². The molecule has 62 heavy (non-hydrogen) atoms. The Morgan fingerprint density at radius 3 is 0.710 bits per heavy atom. The first-order valence-corrected chi connectivity index (χ1v) is 27.7. The summed E-state index contributed by atoms with van der Waals surface area (Å²) in [6.07, 6.45) is 48.6. The lowest BCUT2D eigenvalue weighted by Crippen LogP contribution is -2.36. The van der Waals surface area contributed by atoms with Crippen LogP contribution in [0.3, 0.4) is 0 Å². The van der Waals surface area contributed by atoms with Crippen molar-refractivity contribution in [1.29, 1.82) is 0 Å². The Kier molecular flexibility index (Phi) is 42.8. The maximum absolute atomic E-state index is 13.2. The van der Waals surface area contributed by atoms with E-state index in [1.54, 1.807) is 0 Å². The van der Waals surface area contributed by atoms with Gasteiger partial charge < -0.3 is 20.4 Å². The number of hydrogen-bond acceptors (Lipinski definition) is 4. The third-order valence-corrected chi connectivity index (χ3v) is 13.1. The van der Waals surface area contributed by atoms with Gasteiger partial charge >= 0.3 is 0 Å². The van der Waals surface area contributed by atoms with Gasteiger partial charge in [0.05, 0.1) is 0 Å². The van der Waals surface area contributed by atoms with E-state index in [2.05, 4.69) is 48.1 Å². The van der Waals surface area contributed by atoms with Crippen LogP contribution in [0.4, 0.5) is 0 Å². The zero-order valence-electron chi connectivity index (χ0n) is 42.1. The number of rotatable bonds is 48. The molecule has 0 bridgehead atoms. The molecule has 0 atom stereocenters. The fourth-order valence-corrected chi connectivity index (χ4v) is 8.89. The van der Waals surface area contributed by atoms with Crippen LogP contribution in [0.5, 0.6) is 0 Å². The molecule has 1 aromatic carbocycles. The Hall–Kier alpha value is -1.92. The van der Waals surface area contributed by atoms with Crippen molar-refractivity contribution in [3.8, 4) is 0 Å². The van der Waals surface area contributed by atoms with E-state index in [-0.39, 0.29) is 11.8 Å². The first-order chi connectivity index (χ1) is 30.5. The largest absolute Gasteiger partial charge is 0.351 e. The van der Waals surface area contributed by atoms with E-state index in [0.29, 0.717) is 24.2 Å². The van der Waals surface area contributed by atoms with Gasteiger partial charge in [-0.3, -0.25) is 9.59 Å². The minimum absolute atomic E-state index is 0.0494. The van der Waals surface area contributed by atoms with Gasteiger partial charge in [0, 0.05) is 37.3 Å². The Morgan fingerprint density at radius 1 is 0.306 bits per heavy atom. The van der Waals surface area contributed by atoms with Crippen molar-refractivity contribution in [2.45, 2.75) is 259 Å². The molecule has 2 amide bonds. The standard InChI is InChI=1S/C56H106N4O2/c1-5-9-13-17-21-25-29-33-37-47-59(48-38-34-30-26-22-18-14-10-6-2)51-45-57-55(61)53-41-43-54(44-42-53)56(62)58-46-52-60(49-39-35-31-27-23-19-15-11-7-3)50-40-36-32-28-24-20-16-12-8-4/h41-44H,5-40,45-52H2,1-4H3,(H,57,61)(H,58,62). The molecule has 0 unspecified atom stereocenters. The van der Waals surface area contributed by atoms with Gasteiger partial charge in [-0.15, -0.1) is 0 Å². The summed E-state index contributed by atoms with van der Waals surface area (Å²) in [5.74, 6) is -0.0987. The van der Waals surface area contributed by atoms with E-state index < -0.39 is 0 Å². The second-order valence-corrected chi connectivity index (χ2v) is 19.1. The SMILES string of the molecule is CCCCCCCCCCCN(CCCCCCCCCCC)CCNC(=O)c1ccc(C(=O)NCCN(CCCCCCCCCCC)CCCCCCCCCCC)cc1. The van der Waals surface area contributed by atoms with Gasteiger partial charge in [0.25, 0.3) is 11.8 Å². The molecule has 0 fully saturated rings. The Bertz CT molecular complexity index is 965. The predicted molar refractivity (Wildman–Crippen MR) is 273 cm³/mol. The second-order valence-electron chi connectivity index (χ2n) is 19.1. The number of benzene rings is 1. The van der Waals surface area contributed by atoms with E-state index in [4.69, 9.17) is 0 Å². The van der Waals surface area contributed by atoms with Crippen molar-refractivity contribution in [1.82, 2.24) is 20.4 Å². The molecule has 0 saturated heterocycles. The number of hydrogen-bond donors (Lipinski definition) is 2. The van der Waals surface area contributed by atoms with Gasteiger partial charge in [-0.25, -0.2) is 0 Å². The Balaban J connectivity index is 2.52. The molecule has 0 spiro atoms. The van der Waals surface area contributed by atoms with Crippen LogP contribution in [0, 0.1) is 0 Å². The summed E-state index contributed by atoms with van der Waals surface area (Å²) >= 11 is 0. The van der Waals surface area contributed by atoms with Gasteiger partial charge in [-0.05, 0) is 76.1 Å². The van der Waals surface area contributed by atoms with E-state index in [9.17, 15) is 9.59 Å². The topological polar surface area (TPSA) is 64.7 Å². The fourth-order valence-electron chi connectivity index (χ4n) is 8.89. The first-order valence-electron chi connectivity index (χ1n) is 27.7. The van der Waals surface area contributed by atoms with Gasteiger partial charge in [0.1, 0.15) is 0 Å². The number of unbranched alkanes of at least 4 members (excludes halogenated alkanes) is 32. The highest BCUT2D eigenvalue weighted by Gasteiger charge is 2.12. The summed E-state index contributed by atoms with van der Waals surface area (Å²) in [5.41, 5.74) is 1.25. The van der Waals surface area contributed by atoms with Crippen molar-refractivity contribution in [3.05, 3.63) is 35.4 Å².